The lowest BCUT2D eigenvalue weighted by Crippen LogP contribution is -2.39. The highest BCUT2D eigenvalue weighted by Gasteiger charge is 2.34. The van der Waals surface area contributed by atoms with Gasteiger partial charge in [-0.2, -0.15) is 17.5 Å². The number of benzene rings is 1. The molecule has 0 bridgehead atoms. The summed E-state index contributed by atoms with van der Waals surface area (Å²) in [4.78, 5) is 13.0. The summed E-state index contributed by atoms with van der Waals surface area (Å²) >= 11 is 6.08. The van der Waals surface area contributed by atoms with Gasteiger partial charge in [0.2, 0.25) is 10.0 Å². The van der Waals surface area contributed by atoms with Gasteiger partial charge in [-0.1, -0.05) is 31.4 Å². The van der Waals surface area contributed by atoms with Gasteiger partial charge in [0.25, 0.3) is 5.91 Å². The maximum Gasteiger partial charge on any atom is 0.406 e. The smallest absolute Gasteiger partial charge is 0.330 e. The molecule has 2 rings (SSSR count). The SMILES string of the molecule is CCCN(CC(F)(F)F)C(=O)c1ccc(Cl)c(S(=O)(=O)N2CCCCCC2)c1. The topological polar surface area (TPSA) is 57.7 Å². The van der Waals surface area contributed by atoms with Crippen LogP contribution in [0.5, 0.6) is 0 Å². The molecule has 1 saturated heterocycles. The largest absolute Gasteiger partial charge is 0.406 e. The number of carbonyl (C=O) groups is 1. The second-order valence-electron chi connectivity index (χ2n) is 6.81. The number of sulfonamides is 1. The molecule has 10 heteroatoms. The standard InChI is InChI=1S/C18H24ClF3N2O3S/c1-2-9-23(13-18(20,21)22)17(25)14-7-8-15(19)16(12-14)28(26,27)24-10-5-3-4-6-11-24/h7-8,12H,2-6,9-11,13H2,1H3. The van der Waals surface area contributed by atoms with Crippen molar-refractivity contribution in [3.05, 3.63) is 28.8 Å². The highest BCUT2D eigenvalue weighted by atomic mass is 35.5. The second kappa shape index (κ2) is 9.45. The summed E-state index contributed by atoms with van der Waals surface area (Å²) in [6, 6.07) is 3.59. The van der Waals surface area contributed by atoms with Crippen LogP contribution in [-0.2, 0) is 10.0 Å². The Morgan fingerprint density at radius 3 is 2.32 bits per heavy atom. The minimum atomic E-state index is -4.54. The van der Waals surface area contributed by atoms with Crippen LogP contribution in [0.4, 0.5) is 13.2 Å². The summed E-state index contributed by atoms with van der Waals surface area (Å²) in [7, 11) is -3.94. The molecule has 1 amide bonds. The summed E-state index contributed by atoms with van der Waals surface area (Å²) in [5, 5.41) is -0.0568. The summed E-state index contributed by atoms with van der Waals surface area (Å²) in [5.41, 5.74) is -0.129. The molecule has 5 nitrogen and oxygen atoms in total. The average Bonchev–Trinajstić information content (AvgIpc) is 2.90. The molecule has 1 aromatic carbocycles. The first-order valence-electron chi connectivity index (χ1n) is 9.22. The number of amides is 1. The van der Waals surface area contributed by atoms with Crippen molar-refractivity contribution in [2.45, 2.75) is 50.1 Å². The van der Waals surface area contributed by atoms with Gasteiger partial charge in [-0.05, 0) is 37.5 Å². The maximum absolute atomic E-state index is 13.0. The van der Waals surface area contributed by atoms with Crippen LogP contribution in [0.3, 0.4) is 0 Å². The highest BCUT2D eigenvalue weighted by Crippen LogP contribution is 2.28. The number of alkyl halides is 3. The Morgan fingerprint density at radius 2 is 1.79 bits per heavy atom. The molecule has 158 valence electrons. The molecule has 0 aliphatic carbocycles. The number of carbonyl (C=O) groups excluding carboxylic acids is 1. The first kappa shape index (κ1) is 23.0. The van der Waals surface area contributed by atoms with Crippen molar-refractivity contribution in [2.75, 3.05) is 26.2 Å². The fourth-order valence-corrected chi connectivity index (χ4v) is 5.19. The van der Waals surface area contributed by atoms with Gasteiger partial charge >= 0.3 is 6.18 Å². The molecule has 1 fully saturated rings. The van der Waals surface area contributed by atoms with Gasteiger partial charge in [0, 0.05) is 25.2 Å². The lowest BCUT2D eigenvalue weighted by Gasteiger charge is -2.24. The Morgan fingerprint density at radius 1 is 1.18 bits per heavy atom. The van der Waals surface area contributed by atoms with E-state index >= 15 is 0 Å². The van der Waals surface area contributed by atoms with E-state index in [0.29, 0.717) is 24.4 Å². The van der Waals surface area contributed by atoms with Gasteiger partial charge in [0.15, 0.2) is 0 Å². The Kier molecular flexibility index (Phi) is 7.75. The molecule has 0 N–H and O–H groups in total. The van der Waals surface area contributed by atoms with E-state index in [1.165, 1.54) is 16.4 Å². The van der Waals surface area contributed by atoms with Crippen LogP contribution < -0.4 is 0 Å². The maximum atomic E-state index is 13.0. The van der Waals surface area contributed by atoms with Crippen molar-refractivity contribution < 1.29 is 26.4 Å². The first-order chi connectivity index (χ1) is 13.1. The molecule has 28 heavy (non-hydrogen) atoms. The third-order valence-corrected chi connectivity index (χ3v) is 6.89. The van der Waals surface area contributed by atoms with Crippen molar-refractivity contribution in [1.82, 2.24) is 9.21 Å². The monoisotopic (exact) mass is 440 g/mol. The van der Waals surface area contributed by atoms with Crippen LogP contribution in [0.1, 0.15) is 49.4 Å². The molecule has 1 aromatic rings. The summed E-state index contributed by atoms with van der Waals surface area (Å²) < 4.78 is 65.7. The molecule has 1 aliphatic rings. The van der Waals surface area contributed by atoms with E-state index < -0.39 is 28.7 Å². The van der Waals surface area contributed by atoms with Gasteiger partial charge in [-0.3, -0.25) is 4.79 Å². The lowest BCUT2D eigenvalue weighted by molar-refractivity contribution is -0.140. The Labute approximate surface area is 168 Å². The van der Waals surface area contributed by atoms with Crippen molar-refractivity contribution in [3.8, 4) is 0 Å². The zero-order chi connectivity index (χ0) is 20.9. The van der Waals surface area contributed by atoms with Gasteiger partial charge in [0.1, 0.15) is 11.4 Å². The van der Waals surface area contributed by atoms with E-state index in [1.54, 1.807) is 6.92 Å². The number of halogens is 4. The molecular formula is C18H24ClF3N2O3S. The van der Waals surface area contributed by atoms with Crippen LogP contribution in [0.25, 0.3) is 0 Å². The van der Waals surface area contributed by atoms with Crippen molar-refractivity contribution >= 4 is 27.5 Å². The second-order valence-corrected chi connectivity index (χ2v) is 9.12. The lowest BCUT2D eigenvalue weighted by atomic mass is 10.2. The van der Waals surface area contributed by atoms with Crippen molar-refractivity contribution in [1.29, 1.82) is 0 Å². The Hall–Kier alpha value is -1.32. The normalized spacial score (nSPS) is 16.6. The summed E-state index contributed by atoms with van der Waals surface area (Å²) in [5.74, 6) is -0.872. The molecule has 0 aromatic heterocycles. The van der Waals surface area contributed by atoms with E-state index in [-0.39, 0.29) is 22.0 Å². The third-order valence-electron chi connectivity index (χ3n) is 4.51. The summed E-state index contributed by atoms with van der Waals surface area (Å²) in [6.07, 6.45) is -0.882. The van der Waals surface area contributed by atoms with E-state index in [0.717, 1.165) is 31.7 Å². The highest BCUT2D eigenvalue weighted by molar-refractivity contribution is 7.89. The van der Waals surface area contributed by atoms with Crippen molar-refractivity contribution in [2.24, 2.45) is 0 Å². The van der Waals surface area contributed by atoms with Crippen molar-refractivity contribution in [3.63, 3.8) is 0 Å². The minimum absolute atomic E-state index is 0.0568. The van der Waals surface area contributed by atoms with Gasteiger partial charge in [-0.15, -0.1) is 0 Å². The fourth-order valence-electron chi connectivity index (χ4n) is 3.18. The number of rotatable bonds is 6. The molecular weight excluding hydrogens is 417 g/mol. The van der Waals surface area contributed by atoms with Crippen LogP contribution in [0.2, 0.25) is 5.02 Å². The van der Waals surface area contributed by atoms with Gasteiger partial charge in [0.05, 0.1) is 5.02 Å². The first-order valence-corrected chi connectivity index (χ1v) is 11.0. The zero-order valence-electron chi connectivity index (χ0n) is 15.6. The number of nitrogens with zero attached hydrogens (tertiary/aromatic N) is 2. The predicted octanol–water partition coefficient (Wildman–Crippen LogP) is 4.32. The number of hydrogen-bond donors (Lipinski definition) is 0. The van der Waals surface area contributed by atoms with E-state index in [1.807, 2.05) is 0 Å². The quantitative estimate of drug-likeness (QED) is 0.662. The number of hydrogen-bond acceptors (Lipinski definition) is 3. The summed E-state index contributed by atoms with van der Waals surface area (Å²) in [6.45, 7) is 0.888. The molecule has 0 atom stereocenters. The Bertz CT molecular complexity index is 792. The van der Waals surface area contributed by atoms with Crippen LogP contribution in [-0.4, -0.2) is 55.9 Å². The van der Waals surface area contributed by atoms with Gasteiger partial charge < -0.3 is 4.90 Å². The average molecular weight is 441 g/mol. The van der Waals surface area contributed by atoms with E-state index in [2.05, 4.69) is 0 Å². The Balaban J connectivity index is 2.36. The van der Waals surface area contributed by atoms with Gasteiger partial charge in [-0.25, -0.2) is 8.42 Å². The molecule has 0 unspecified atom stereocenters. The van der Waals surface area contributed by atoms with E-state index in [4.69, 9.17) is 11.6 Å². The van der Waals surface area contributed by atoms with E-state index in [9.17, 15) is 26.4 Å². The van der Waals surface area contributed by atoms with Crippen LogP contribution in [0.15, 0.2) is 23.1 Å². The molecule has 0 saturated carbocycles. The molecule has 1 aliphatic heterocycles. The molecule has 1 heterocycles. The van der Waals surface area contributed by atoms with Crippen LogP contribution >= 0.6 is 11.6 Å². The predicted molar refractivity (Wildman–Crippen MR) is 101 cm³/mol. The molecule has 0 spiro atoms. The third kappa shape index (κ3) is 5.84. The fraction of sp³-hybridized carbons (Fsp3) is 0.611. The van der Waals surface area contributed by atoms with Crippen LogP contribution in [0, 0.1) is 0 Å². The zero-order valence-corrected chi connectivity index (χ0v) is 17.2. The molecule has 0 radical (unpaired) electrons. The minimum Gasteiger partial charge on any atom is -0.330 e.